The second-order valence-electron chi connectivity index (χ2n) is 8.12. The topological polar surface area (TPSA) is 186 Å². The number of aromatic nitrogens is 2. The lowest BCUT2D eigenvalue weighted by molar-refractivity contribution is -0.163. The second kappa shape index (κ2) is 10.6. The first kappa shape index (κ1) is 24.9. The van der Waals surface area contributed by atoms with Crippen molar-refractivity contribution < 1.29 is 33.9 Å². The number of nitrogen functional groups attached to an aromatic ring is 1. The molecule has 1 saturated carbocycles. The van der Waals surface area contributed by atoms with Gasteiger partial charge >= 0.3 is 11.9 Å². The van der Waals surface area contributed by atoms with Gasteiger partial charge in [0, 0.05) is 17.3 Å². The van der Waals surface area contributed by atoms with Gasteiger partial charge in [0.25, 0.3) is 11.8 Å². The Morgan fingerprint density at radius 1 is 1.31 bits per heavy atom. The summed E-state index contributed by atoms with van der Waals surface area (Å²) in [4.78, 5) is 59.7. The molecular formula is C20H24N6O7S2. The maximum atomic E-state index is 13.0. The van der Waals surface area contributed by atoms with Crippen LogP contribution in [0.15, 0.2) is 16.9 Å². The average molecular weight is 525 g/mol. The summed E-state index contributed by atoms with van der Waals surface area (Å²) in [5.74, 6) is -3.00. The molecule has 2 unspecified atom stereocenters. The summed E-state index contributed by atoms with van der Waals surface area (Å²) < 4.78 is 9.43. The van der Waals surface area contributed by atoms with Crippen LogP contribution in [0.3, 0.4) is 0 Å². The molecule has 0 spiro atoms. The van der Waals surface area contributed by atoms with Gasteiger partial charge in [-0.1, -0.05) is 11.6 Å². The SMILES string of the molecule is CC(ON=C(C(=O)NC1C(=O)N2C(C(=O)O)=CCS[C@@H]12)c1nsc(N)n1)C(=O)OC1CCCCC1. The number of nitrogens with two attached hydrogens (primary N) is 1. The molecule has 1 aromatic rings. The number of carbonyl (C=O) groups excluding carboxylic acids is 3. The zero-order valence-electron chi connectivity index (χ0n) is 18.7. The van der Waals surface area contributed by atoms with Gasteiger partial charge < -0.3 is 25.7 Å². The molecule has 188 valence electrons. The van der Waals surface area contributed by atoms with E-state index in [4.69, 9.17) is 15.3 Å². The van der Waals surface area contributed by atoms with E-state index in [0.29, 0.717) is 5.75 Å². The molecule has 35 heavy (non-hydrogen) atoms. The smallest absolute Gasteiger partial charge is 0.352 e. The van der Waals surface area contributed by atoms with E-state index < -0.39 is 41.3 Å². The first-order chi connectivity index (χ1) is 16.8. The fourth-order valence-electron chi connectivity index (χ4n) is 3.88. The van der Waals surface area contributed by atoms with Crippen molar-refractivity contribution in [2.24, 2.45) is 5.16 Å². The van der Waals surface area contributed by atoms with Gasteiger partial charge in [0.2, 0.25) is 17.6 Å². The predicted octanol–water partition coefficient (Wildman–Crippen LogP) is 0.474. The van der Waals surface area contributed by atoms with Crippen LogP contribution in [0, 0.1) is 0 Å². The quantitative estimate of drug-likeness (QED) is 0.186. The lowest BCUT2D eigenvalue weighted by Gasteiger charge is -2.48. The molecule has 4 N–H and O–H groups in total. The van der Waals surface area contributed by atoms with Gasteiger partial charge in [0.15, 0.2) is 5.13 Å². The average Bonchev–Trinajstić information content (AvgIpc) is 3.28. The third-order valence-corrected chi connectivity index (χ3v) is 7.42. The molecule has 0 radical (unpaired) electrons. The minimum Gasteiger partial charge on any atom is -0.477 e. The number of fused-ring (bicyclic) bond motifs is 1. The molecule has 0 bridgehead atoms. The number of ether oxygens (including phenoxy) is 1. The van der Waals surface area contributed by atoms with Crippen LogP contribution in [0.4, 0.5) is 5.13 Å². The Morgan fingerprint density at radius 3 is 2.71 bits per heavy atom. The number of hydrogen-bond acceptors (Lipinski definition) is 12. The van der Waals surface area contributed by atoms with Crippen molar-refractivity contribution >= 4 is 57.9 Å². The van der Waals surface area contributed by atoms with Crippen molar-refractivity contribution in [2.45, 2.75) is 62.7 Å². The summed E-state index contributed by atoms with van der Waals surface area (Å²) in [5, 5.41) is 15.1. The van der Waals surface area contributed by atoms with Gasteiger partial charge in [-0.2, -0.15) is 9.36 Å². The highest BCUT2D eigenvalue weighted by Crippen LogP contribution is 2.37. The number of anilines is 1. The normalized spacial score (nSPS) is 23.5. The first-order valence-corrected chi connectivity index (χ1v) is 12.8. The third-order valence-electron chi connectivity index (χ3n) is 5.69. The lowest BCUT2D eigenvalue weighted by Crippen LogP contribution is -2.70. The lowest BCUT2D eigenvalue weighted by atomic mass is 9.98. The van der Waals surface area contributed by atoms with Crippen LogP contribution in [0.1, 0.15) is 44.9 Å². The first-order valence-electron chi connectivity index (χ1n) is 11.0. The summed E-state index contributed by atoms with van der Waals surface area (Å²) in [5.41, 5.74) is 5.13. The van der Waals surface area contributed by atoms with Crippen LogP contribution >= 0.6 is 23.3 Å². The molecule has 1 aromatic heterocycles. The van der Waals surface area contributed by atoms with Crippen molar-refractivity contribution in [3.8, 4) is 0 Å². The van der Waals surface area contributed by atoms with Crippen molar-refractivity contribution in [3.63, 3.8) is 0 Å². The van der Waals surface area contributed by atoms with E-state index in [1.807, 2.05) is 0 Å². The Labute approximate surface area is 208 Å². The molecule has 2 amide bonds. The highest BCUT2D eigenvalue weighted by atomic mass is 32.2. The maximum Gasteiger partial charge on any atom is 0.352 e. The number of thioether (sulfide) groups is 1. The van der Waals surface area contributed by atoms with Crippen molar-refractivity contribution in [3.05, 3.63) is 17.6 Å². The summed E-state index contributed by atoms with van der Waals surface area (Å²) in [6.07, 6.45) is 4.86. The summed E-state index contributed by atoms with van der Waals surface area (Å²) in [6, 6.07) is -0.981. The van der Waals surface area contributed by atoms with Crippen molar-refractivity contribution in [1.29, 1.82) is 0 Å². The number of nitrogens with one attached hydrogen (secondary N) is 1. The van der Waals surface area contributed by atoms with E-state index in [1.54, 1.807) is 0 Å². The number of carbonyl (C=O) groups is 4. The Hall–Kier alpha value is -3.20. The number of β-lactam (4-membered cyclic amide) rings is 1. The van der Waals surface area contributed by atoms with Crippen LogP contribution in [0.5, 0.6) is 0 Å². The molecule has 3 aliphatic rings. The van der Waals surface area contributed by atoms with E-state index in [0.717, 1.165) is 48.5 Å². The van der Waals surface area contributed by atoms with E-state index in [9.17, 15) is 24.3 Å². The van der Waals surface area contributed by atoms with Gasteiger partial charge in [-0.05, 0) is 38.7 Å². The zero-order valence-corrected chi connectivity index (χ0v) is 20.3. The molecule has 1 saturated heterocycles. The van der Waals surface area contributed by atoms with Crippen molar-refractivity contribution in [2.75, 3.05) is 11.5 Å². The molecule has 0 aromatic carbocycles. The number of hydrogen-bond donors (Lipinski definition) is 3. The number of aliphatic carboxylic acids is 1. The van der Waals surface area contributed by atoms with Crippen LogP contribution in [0.25, 0.3) is 0 Å². The highest BCUT2D eigenvalue weighted by Gasteiger charge is 2.53. The van der Waals surface area contributed by atoms with Gasteiger partial charge in [-0.3, -0.25) is 14.5 Å². The van der Waals surface area contributed by atoms with Crippen LogP contribution in [0.2, 0.25) is 0 Å². The molecule has 13 nitrogen and oxygen atoms in total. The molecule has 2 fully saturated rings. The summed E-state index contributed by atoms with van der Waals surface area (Å²) in [7, 11) is 0. The van der Waals surface area contributed by atoms with Gasteiger partial charge in [0.1, 0.15) is 23.2 Å². The number of amides is 2. The fourth-order valence-corrected chi connectivity index (χ4v) is 5.51. The Morgan fingerprint density at radius 2 is 2.06 bits per heavy atom. The van der Waals surface area contributed by atoms with E-state index in [2.05, 4.69) is 19.8 Å². The number of nitrogens with zero attached hydrogens (tertiary/aromatic N) is 4. The van der Waals surface area contributed by atoms with Crippen LogP contribution < -0.4 is 11.1 Å². The standard InChI is InChI=1S/C20H24N6O7S2/c1-9(19(31)32-10-5-3-2-4-6-10)33-24-12(14-23-20(21)35-25-14)15(27)22-13-16(28)26-11(18(29)30)7-8-34-17(13)26/h7,9-10,13,17H,2-6,8H2,1H3,(H,22,27)(H,29,30)(H2,21,23,25)/t9?,13?,17-/m0/s1. The fraction of sp³-hybridized carbons (Fsp3) is 0.550. The monoisotopic (exact) mass is 524 g/mol. The number of carboxylic acids is 1. The molecule has 1 aliphatic carbocycles. The number of rotatable bonds is 8. The van der Waals surface area contributed by atoms with Gasteiger partial charge in [-0.15, -0.1) is 11.8 Å². The van der Waals surface area contributed by atoms with Gasteiger partial charge in [-0.25, -0.2) is 9.59 Å². The second-order valence-corrected chi connectivity index (χ2v) is 10.1. The highest BCUT2D eigenvalue weighted by molar-refractivity contribution is 8.00. The number of carboxylic acid groups (broad SMARTS) is 1. The molecule has 2 aliphatic heterocycles. The number of oxime groups is 1. The summed E-state index contributed by atoms with van der Waals surface area (Å²) >= 11 is 2.14. The molecule has 4 rings (SSSR count). The van der Waals surface area contributed by atoms with Crippen molar-refractivity contribution in [1.82, 2.24) is 19.6 Å². The molecular weight excluding hydrogens is 500 g/mol. The predicted molar refractivity (Wildman–Crippen MR) is 125 cm³/mol. The molecule has 3 heterocycles. The molecule has 3 atom stereocenters. The Bertz CT molecular complexity index is 1080. The number of esters is 1. The van der Waals surface area contributed by atoms with Crippen LogP contribution in [-0.2, 0) is 28.8 Å². The minimum atomic E-state index is -1.22. The minimum absolute atomic E-state index is 0.0789. The Balaban J connectivity index is 1.44. The molecule has 15 heteroatoms. The summed E-state index contributed by atoms with van der Waals surface area (Å²) in [6.45, 7) is 1.44. The zero-order chi connectivity index (χ0) is 25.1. The Kier molecular flexibility index (Phi) is 7.54. The maximum absolute atomic E-state index is 13.0. The largest absolute Gasteiger partial charge is 0.477 e. The van der Waals surface area contributed by atoms with Crippen LogP contribution in [-0.4, -0.2) is 78.2 Å². The van der Waals surface area contributed by atoms with E-state index in [-0.39, 0.29) is 28.5 Å². The van der Waals surface area contributed by atoms with E-state index >= 15 is 0 Å². The third kappa shape index (κ3) is 5.40. The van der Waals surface area contributed by atoms with Gasteiger partial charge in [0.05, 0.1) is 0 Å². The van der Waals surface area contributed by atoms with E-state index in [1.165, 1.54) is 24.8 Å².